The standard InChI is InChI=1S/C17H23N3/c1-3-18-17-15(9-13-11-19-20(4-2)12-13)10-14-7-5-6-8-16(14)17/h5-8,11-12,15,17-18H,3-4,9-10H2,1-2H3. The molecule has 0 amide bonds. The monoisotopic (exact) mass is 269 g/mol. The predicted molar refractivity (Wildman–Crippen MR) is 81.7 cm³/mol. The van der Waals surface area contributed by atoms with Crippen molar-refractivity contribution < 1.29 is 0 Å². The van der Waals surface area contributed by atoms with Crippen LogP contribution >= 0.6 is 0 Å². The van der Waals surface area contributed by atoms with Crippen molar-refractivity contribution in [1.82, 2.24) is 15.1 Å². The van der Waals surface area contributed by atoms with E-state index in [-0.39, 0.29) is 0 Å². The normalized spacial score (nSPS) is 21.1. The summed E-state index contributed by atoms with van der Waals surface area (Å²) < 4.78 is 2.01. The lowest BCUT2D eigenvalue weighted by atomic mass is 9.94. The average Bonchev–Trinajstić information content (AvgIpc) is 3.05. The zero-order chi connectivity index (χ0) is 13.9. The molecule has 0 spiro atoms. The summed E-state index contributed by atoms with van der Waals surface area (Å²) in [5.41, 5.74) is 4.35. The van der Waals surface area contributed by atoms with Crippen LogP contribution in [0.5, 0.6) is 0 Å². The summed E-state index contributed by atoms with van der Waals surface area (Å²) in [6, 6.07) is 9.34. The maximum absolute atomic E-state index is 4.39. The summed E-state index contributed by atoms with van der Waals surface area (Å²) in [7, 11) is 0. The fourth-order valence-corrected chi connectivity index (χ4v) is 3.35. The number of hydrogen-bond acceptors (Lipinski definition) is 2. The van der Waals surface area contributed by atoms with E-state index in [1.807, 2.05) is 10.9 Å². The second-order valence-electron chi connectivity index (χ2n) is 5.61. The van der Waals surface area contributed by atoms with Gasteiger partial charge in [-0.05, 0) is 48.9 Å². The fraction of sp³-hybridized carbons (Fsp3) is 0.471. The van der Waals surface area contributed by atoms with Gasteiger partial charge in [0.15, 0.2) is 0 Å². The van der Waals surface area contributed by atoms with Crippen LogP contribution in [-0.4, -0.2) is 16.3 Å². The predicted octanol–water partition coefficient (Wildman–Crippen LogP) is 2.97. The molecule has 2 aromatic rings. The maximum Gasteiger partial charge on any atom is 0.0521 e. The first-order chi connectivity index (χ1) is 9.81. The van der Waals surface area contributed by atoms with Gasteiger partial charge in [-0.3, -0.25) is 4.68 Å². The van der Waals surface area contributed by atoms with Crippen LogP contribution in [0.2, 0.25) is 0 Å². The van der Waals surface area contributed by atoms with Gasteiger partial charge in [0.1, 0.15) is 0 Å². The molecular formula is C17H23N3. The van der Waals surface area contributed by atoms with Gasteiger partial charge < -0.3 is 5.32 Å². The van der Waals surface area contributed by atoms with Gasteiger partial charge in [0.2, 0.25) is 0 Å². The molecule has 0 radical (unpaired) electrons. The Balaban J connectivity index is 1.79. The first-order valence-corrected chi connectivity index (χ1v) is 7.64. The second kappa shape index (κ2) is 5.80. The van der Waals surface area contributed by atoms with Crippen molar-refractivity contribution >= 4 is 0 Å². The van der Waals surface area contributed by atoms with Crippen molar-refractivity contribution in [3.63, 3.8) is 0 Å². The molecule has 2 unspecified atom stereocenters. The van der Waals surface area contributed by atoms with Crippen LogP contribution in [0, 0.1) is 5.92 Å². The van der Waals surface area contributed by atoms with Crippen molar-refractivity contribution in [1.29, 1.82) is 0 Å². The molecule has 106 valence electrons. The highest BCUT2D eigenvalue weighted by Crippen LogP contribution is 2.37. The maximum atomic E-state index is 4.39. The zero-order valence-corrected chi connectivity index (χ0v) is 12.3. The molecule has 20 heavy (non-hydrogen) atoms. The Kier molecular flexibility index (Phi) is 3.88. The number of benzene rings is 1. The fourth-order valence-electron chi connectivity index (χ4n) is 3.35. The summed E-state index contributed by atoms with van der Waals surface area (Å²) in [6.07, 6.45) is 6.49. The number of nitrogens with zero attached hydrogens (tertiary/aromatic N) is 2. The Labute approximate surface area is 121 Å². The molecule has 1 heterocycles. The lowest BCUT2D eigenvalue weighted by Crippen LogP contribution is -2.26. The highest BCUT2D eigenvalue weighted by Gasteiger charge is 2.31. The molecule has 0 aliphatic heterocycles. The lowest BCUT2D eigenvalue weighted by Gasteiger charge is -2.20. The van der Waals surface area contributed by atoms with E-state index in [2.05, 4.69) is 54.7 Å². The molecule has 0 bridgehead atoms. The van der Waals surface area contributed by atoms with Crippen molar-refractivity contribution in [2.75, 3.05) is 6.54 Å². The van der Waals surface area contributed by atoms with Crippen molar-refractivity contribution in [2.24, 2.45) is 5.92 Å². The van der Waals surface area contributed by atoms with Gasteiger partial charge in [-0.15, -0.1) is 0 Å². The average molecular weight is 269 g/mol. The topological polar surface area (TPSA) is 29.9 Å². The van der Waals surface area contributed by atoms with Crippen LogP contribution < -0.4 is 5.32 Å². The number of hydrogen-bond donors (Lipinski definition) is 1. The largest absolute Gasteiger partial charge is 0.310 e. The molecule has 0 saturated carbocycles. The van der Waals surface area contributed by atoms with Crippen molar-refractivity contribution in [3.8, 4) is 0 Å². The third-order valence-electron chi connectivity index (χ3n) is 4.28. The van der Waals surface area contributed by atoms with Gasteiger partial charge in [0, 0.05) is 18.8 Å². The van der Waals surface area contributed by atoms with Crippen LogP contribution in [0.1, 0.15) is 36.6 Å². The molecule has 1 aromatic heterocycles. The Morgan fingerprint density at radius 1 is 1.30 bits per heavy atom. The van der Waals surface area contributed by atoms with E-state index in [9.17, 15) is 0 Å². The van der Waals surface area contributed by atoms with Crippen molar-refractivity contribution in [3.05, 3.63) is 53.3 Å². The SMILES string of the molecule is CCNC1c2ccccc2CC1Cc1cnn(CC)c1. The molecule has 0 saturated heterocycles. The smallest absolute Gasteiger partial charge is 0.0521 e. The molecule has 2 atom stereocenters. The molecule has 1 aliphatic rings. The first-order valence-electron chi connectivity index (χ1n) is 7.64. The number of nitrogens with one attached hydrogen (secondary N) is 1. The minimum absolute atomic E-state index is 0.487. The van der Waals surface area contributed by atoms with Gasteiger partial charge in [-0.2, -0.15) is 5.10 Å². The second-order valence-corrected chi connectivity index (χ2v) is 5.61. The van der Waals surface area contributed by atoms with Crippen LogP contribution in [0.15, 0.2) is 36.7 Å². The molecule has 3 rings (SSSR count). The van der Waals surface area contributed by atoms with E-state index in [0.29, 0.717) is 12.0 Å². The van der Waals surface area contributed by atoms with E-state index in [4.69, 9.17) is 0 Å². The summed E-state index contributed by atoms with van der Waals surface area (Å²) >= 11 is 0. The number of aryl methyl sites for hydroxylation is 1. The van der Waals surface area contributed by atoms with Gasteiger partial charge in [-0.25, -0.2) is 0 Å². The minimum Gasteiger partial charge on any atom is -0.310 e. The Hall–Kier alpha value is -1.61. The van der Waals surface area contributed by atoms with E-state index >= 15 is 0 Å². The Morgan fingerprint density at radius 3 is 2.90 bits per heavy atom. The Bertz CT molecular complexity index is 573. The zero-order valence-electron chi connectivity index (χ0n) is 12.3. The van der Waals surface area contributed by atoms with E-state index in [1.54, 1.807) is 0 Å². The summed E-state index contributed by atoms with van der Waals surface area (Å²) in [4.78, 5) is 0. The van der Waals surface area contributed by atoms with Gasteiger partial charge in [-0.1, -0.05) is 31.2 Å². The summed E-state index contributed by atoms with van der Waals surface area (Å²) in [5.74, 6) is 0.641. The summed E-state index contributed by atoms with van der Waals surface area (Å²) in [6.45, 7) is 6.28. The Morgan fingerprint density at radius 2 is 2.15 bits per heavy atom. The van der Waals surface area contributed by atoms with Crippen LogP contribution in [0.25, 0.3) is 0 Å². The quantitative estimate of drug-likeness (QED) is 0.904. The minimum atomic E-state index is 0.487. The molecule has 3 heteroatoms. The van der Waals surface area contributed by atoms with E-state index < -0.39 is 0 Å². The van der Waals surface area contributed by atoms with Crippen LogP contribution in [0.3, 0.4) is 0 Å². The molecule has 1 aliphatic carbocycles. The summed E-state index contributed by atoms with van der Waals surface area (Å²) in [5, 5.41) is 8.06. The lowest BCUT2D eigenvalue weighted by molar-refractivity contribution is 0.393. The van der Waals surface area contributed by atoms with E-state index in [0.717, 1.165) is 19.5 Å². The molecule has 1 aromatic carbocycles. The highest BCUT2D eigenvalue weighted by atomic mass is 15.3. The van der Waals surface area contributed by atoms with Gasteiger partial charge in [0.05, 0.1) is 6.20 Å². The molecule has 3 nitrogen and oxygen atoms in total. The van der Waals surface area contributed by atoms with Crippen molar-refractivity contribution in [2.45, 2.75) is 39.3 Å². The molecule has 1 N–H and O–H groups in total. The highest BCUT2D eigenvalue weighted by molar-refractivity contribution is 5.36. The van der Waals surface area contributed by atoms with Crippen LogP contribution in [-0.2, 0) is 19.4 Å². The molecular weight excluding hydrogens is 246 g/mol. The van der Waals surface area contributed by atoms with Gasteiger partial charge in [0.25, 0.3) is 0 Å². The van der Waals surface area contributed by atoms with E-state index in [1.165, 1.54) is 23.1 Å². The molecule has 0 fully saturated rings. The third-order valence-corrected chi connectivity index (χ3v) is 4.28. The van der Waals surface area contributed by atoms with Gasteiger partial charge >= 0.3 is 0 Å². The van der Waals surface area contributed by atoms with Crippen LogP contribution in [0.4, 0.5) is 0 Å². The number of aromatic nitrogens is 2. The first kappa shape index (κ1) is 13.4. The number of fused-ring (bicyclic) bond motifs is 1. The number of rotatable bonds is 5. The third kappa shape index (κ3) is 2.50.